The van der Waals surface area contributed by atoms with Gasteiger partial charge in [0.15, 0.2) is 0 Å². The molecule has 4 rings (SSSR count). The molecule has 1 aromatic heterocycles. The molecule has 3 heterocycles. The Hall–Kier alpha value is -2.38. The Morgan fingerprint density at radius 1 is 1.33 bits per heavy atom. The first-order chi connectivity index (χ1) is 13.2. The Labute approximate surface area is 158 Å². The van der Waals surface area contributed by atoms with Gasteiger partial charge in [-0.3, -0.25) is 10.2 Å². The van der Waals surface area contributed by atoms with Crippen LogP contribution in [0.1, 0.15) is 47.4 Å². The summed E-state index contributed by atoms with van der Waals surface area (Å²) < 4.78 is 14.3. The topological polar surface area (TPSA) is 70.2 Å². The smallest absolute Gasteiger partial charge is 0.257 e. The number of carbonyl (C=O) groups is 1. The third-order valence-electron chi connectivity index (χ3n) is 5.55. The highest BCUT2D eigenvalue weighted by Gasteiger charge is 2.42. The van der Waals surface area contributed by atoms with Crippen LogP contribution in [-0.2, 0) is 6.42 Å². The fourth-order valence-corrected chi connectivity index (χ4v) is 4.16. The number of piperidine rings is 1. The van der Waals surface area contributed by atoms with E-state index in [0.29, 0.717) is 24.2 Å². The van der Waals surface area contributed by atoms with E-state index in [1.807, 2.05) is 17.0 Å². The molecule has 2 saturated heterocycles. The zero-order chi connectivity index (χ0) is 18.8. The maximum atomic E-state index is 14.3. The van der Waals surface area contributed by atoms with Gasteiger partial charge in [-0.05, 0) is 18.9 Å². The van der Waals surface area contributed by atoms with Crippen molar-refractivity contribution in [1.29, 1.82) is 0 Å². The molecule has 0 radical (unpaired) electrons. The summed E-state index contributed by atoms with van der Waals surface area (Å²) in [5, 5.41) is 0. The lowest BCUT2D eigenvalue weighted by molar-refractivity contribution is 0.0649. The number of likely N-dealkylation sites (tertiary alicyclic amines) is 1. The predicted octanol–water partition coefficient (Wildman–Crippen LogP) is 2.25. The maximum absolute atomic E-state index is 14.3. The molecule has 0 spiro atoms. The van der Waals surface area contributed by atoms with Gasteiger partial charge in [0.1, 0.15) is 12.1 Å². The number of nitrogens with zero attached hydrogens (tertiary/aromatic N) is 3. The van der Waals surface area contributed by atoms with Gasteiger partial charge < -0.3 is 4.90 Å². The van der Waals surface area contributed by atoms with Crippen LogP contribution in [0.5, 0.6) is 0 Å². The van der Waals surface area contributed by atoms with E-state index in [1.54, 1.807) is 12.3 Å². The van der Waals surface area contributed by atoms with E-state index in [1.165, 1.54) is 12.4 Å². The number of benzene rings is 1. The Kier molecular flexibility index (Phi) is 5.13. The lowest BCUT2D eigenvalue weighted by Crippen LogP contribution is -2.48. The second-order valence-corrected chi connectivity index (χ2v) is 7.23. The highest BCUT2D eigenvalue weighted by atomic mass is 19.1. The number of aromatic nitrogens is 2. The molecule has 0 saturated carbocycles. The first-order valence-corrected chi connectivity index (χ1v) is 9.52. The standard InChI is InChI=1S/C20H24FN5O/c1-2-5-17-14(10-22-12-23-17)20(27)26-9-8-18-15(11-26)19(25-24-18)13-6-3-4-7-16(13)21/h3-4,6-7,10,12,15,18-19,24-25H,2,5,8-9,11H2,1H3. The van der Waals surface area contributed by atoms with Crippen molar-refractivity contribution < 1.29 is 9.18 Å². The maximum Gasteiger partial charge on any atom is 0.257 e. The van der Waals surface area contributed by atoms with Crippen LogP contribution in [0, 0.1) is 11.7 Å². The zero-order valence-corrected chi connectivity index (χ0v) is 15.4. The molecule has 0 bridgehead atoms. The van der Waals surface area contributed by atoms with Gasteiger partial charge in [-0.1, -0.05) is 31.5 Å². The average Bonchev–Trinajstić information content (AvgIpc) is 3.11. The van der Waals surface area contributed by atoms with Crippen molar-refractivity contribution in [2.45, 2.75) is 38.3 Å². The first-order valence-electron chi connectivity index (χ1n) is 9.52. The molecule has 27 heavy (non-hydrogen) atoms. The van der Waals surface area contributed by atoms with Crippen LogP contribution >= 0.6 is 0 Å². The van der Waals surface area contributed by atoms with Crippen molar-refractivity contribution >= 4 is 5.91 Å². The number of rotatable bonds is 4. The summed E-state index contributed by atoms with van der Waals surface area (Å²) in [6.07, 6.45) is 5.61. The largest absolute Gasteiger partial charge is 0.338 e. The summed E-state index contributed by atoms with van der Waals surface area (Å²) >= 11 is 0. The lowest BCUT2D eigenvalue weighted by Gasteiger charge is -2.36. The lowest BCUT2D eigenvalue weighted by atomic mass is 9.84. The molecule has 2 aliphatic rings. The molecule has 6 nitrogen and oxygen atoms in total. The van der Waals surface area contributed by atoms with Crippen molar-refractivity contribution in [3.63, 3.8) is 0 Å². The minimum atomic E-state index is -0.220. The molecule has 142 valence electrons. The average molecular weight is 369 g/mol. The fourth-order valence-electron chi connectivity index (χ4n) is 4.16. The number of carbonyl (C=O) groups excluding carboxylic acids is 1. The SMILES string of the molecule is CCCc1ncncc1C(=O)N1CCC2NNC(c3ccccc3F)C2C1. The summed E-state index contributed by atoms with van der Waals surface area (Å²) in [5.41, 5.74) is 8.54. The van der Waals surface area contributed by atoms with E-state index in [0.717, 1.165) is 25.0 Å². The van der Waals surface area contributed by atoms with Gasteiger partial charge in [0, 0.05) is 36.8 Å². The van der Waals surface area contributed by atoms with Crippen molar-refractivity contribution in [2.24, 2.45) is 5.92 Å². The molecule has 7 heteroatoms. The van der Waals surface area contributed by atoms with E-state index >= 15 is 0 Å². The van der Waals surface area contributed by atoms with Gasteiger partial charge in [0.05, 0.1) is 17.3 Å². The fraction of sp³-hybridized carbons (Fsp3) is 0.450. The number of halogens is 1. The Morgan fingerprint density at radius 3 is 3.00 bits per heavy atom. The first kappa shape index (κ1) is 18.0. The monoisotopic (exact) mass is 369 g/mol. The van der Waals surface area contributed by atoms with Crippen LogP contribution in [0.3, 0.4) is 0 Å². The highest BCUT2D eigenvalue weighted by Crippen LogP contribution is 2.35. The normalized spacial score (nSPS) is 24.7. The molecule has 2 fully saturated rings. The zero-order valence-electron chi connectivity index (χ0n) is 15.4. The second-order valence-electron chi connectivity index (χ2n) is 7.23. The number of hydrazine groups is 1. The molecule has 3 unspecified atom stereocenters. The van der Waals surface area contributed by atoms with Gasteiger partial charge in [-0.2, -0.15) is 0 Å². The van der Waals surface area contributed by atoms with Crippen LogP contribution in [0.15, 0.2) is 36.8 Å². The van der Waals surface area contributed by atoms with E-state index in [-0.39, 0.29) is 29.7 Å². The van der Waals surface area contributed by atoms with Gasteiger partial charge in [-0.15, -0.1) is 0 Å². The number of hydrogen-bond acceptors (Lipinski definition) is 5. The van der Waals surface area contributed by atoms with Crippen molar-refractivity contribution in [2.75, 3.05) is 13.1 Å². The Bertz CT molecular complexity index is 830. The van der Waals surface area contributed by atoms with Crippen molar-refractivity contribution in [3.05, 3.63) is 59.4 Å². The predicted molar refractivity (Wildman–Crippen MR) is 99.2 cm³/mol. The second kappa shape index (κ2) is 7.70. The number of amides is 1. The van der Waals surface area contributed by atoms with Crippen LogP contribution in [0.25, 0.3) is 0 Å². The van der Waals surface area contributed by atoms with E-state index in [9.17, 15) is 9.18 Å². The van der Waals surface area contributed by atoms with Gasteiger partial charge in [-0.25, -0.2) is 19.8 Å². The van der Waals surface area contributed by atoms with Crippen LogP contribution in [-0.4, -0.2) is 39.9 Å². The minimum absolute atomic E-state index is 0.0308. The van der Waals surface area contributed by atoms with Crippen molar-refractivity contribution in [1.82, 2.24) is 25.7 Å². The van der Waals surface area contributed by atoms with Crippen molar-refractivity contribution in [3.8, 4) is 0 Å². The Morgan fingerprint density at radius 2 is 2.19 bits per heavy atom. The minimum Gasteiger partial charge on any atom is -0.338 e. The molecule has 2 N–H and O–H groups in total. The Balaban J connectivity index is 1.55. The number of aryl methyl sites for hydroxylation is 1. The molecular formula is C20H24FN5O. The molecular weight excluding hydrogens is 345 g/mol. The van der Waals surface area contributed by atoms with E-state index in [2.05, 4.69) is 27.7 Å². The number of hydrogen-bond donors (Lipinski definition) is 2. The van der Waals surface area contributed by atoms with Crippen LogP contribution in [0.4, 0.5) is 4.39 Å². The summed E-state index contributed by atoms with van der Waals surface area (Å²) in [7, 11) is 0. The number of nitrogens with one attached hydrogen (secondary N) is 2. The third-order valence-corrected chi connectivity index (χ3v) is 5.55. The summed E-state index contributed by atoms with van der Waals surface area (Å²) in [4.78, 5) is 23.3. The van der Waals surface area contributed by atoms with Gasteiger partial charge in [0.25, 0.3) is 5.91 Å². The molecule has 1 aromatic carbocycles. The summed E-state index contributed by atoms with van der Waals surface area (Å²) in [6, 6.07) is 6.89. The van der Waals surface area contributed by atoms with E-state index < -0.39 is 0 Å². The summed E-state index contributed by atoms with van der Waals surface area (Å²) in [5.74, 6) is -0.141. The molecule has 2 aliphatic heterocycles. The molecule has 3 atom stereocenters. The van der Waals surface area contributed by atoms with Crippen LogP contribution < -0.4 is 10.9 Å². The van der Waals surface area contributed by atoms with E-state index in [4.69, 9.17) is 0 Å². The van der Waals surface area contributed by atoms with Crippen LogP contribution in [0.2, 0.25) is 0 Å². The third kappa shape index (κ3) is 3.44. The number of fused-ring (bicyclic) bond motifs is 1. The molecule has 1 amide bonds. The molecule has 0 aliphatic carbocycles. The molecule has 2 aromatic rings. The van der Waals surface area contributed by atoms with Gasteiger partial charge in [0.2, 0.25) is 0 Å². The van der Waals surface area contributed by atoms with Gasteiger partial charge >= 0.3 is 0 Å². The highest BCUT2D eigenvalue weighted by molar-refractivity contribution is 5.95. The quantitative estimate of drug-likeness (QED) is 0.865. The summed E-state index contributed by atoms with van der Waals surface area (Å²) in [6.45, 7) is 3.30.